The largest absolute Gasteiger partial charge is 0.319 e. The summed E-state index contributed by atoms with van der Waals surface area (Å²) in [4.78, 5) is 12.2. The van der Waals surface area contributed by atoms with Crippen molar-refractivity contribution in [2.24, 2.45) is 5.73 Å². The van der Waals surface area contributed by atoms with Gasteiger partial charge >= 0.3 is 0 Å². The minimum Gasteiger partial charge on any atom is -0.319 e. The van der Waals surface area contributed by atoms with Gasteiger partial charge in [-0.3, -0.25) is 4.79 Å². The molecule has 1 aliphatic rings. The van der Waals surface area contributed by atoms with E-state index in [1.807, 2.05) is 13.8 Å². The van der Waals surface area contributed by atoms with Crippen LogP contribution in [0.5, 0.6) is 0 Å². The first-order chi connectivity index (χ1) is 8.54. The third kappa shape index (κ3) is 2.64. The third-order valence-corrected chi connectivity index (χ3v) is 4.30. The molecule has 2 unspecified atom stereocenters. The zero-order valence-corrected chi connectivity index (χ0v) is 11.4. The SMILES string of the molecule is CCC(C)(N)C(=O)CC1CCCc2ccccc21. The average Bonchev–Trinajstić information content (AvgIpc) is 2.39. The van der Waals surface area contributed by atoms with Crippen molar-refractivity contribution in [2.75, 3.05) is 0 Å². The maximum atomic E-state index is 12.2. The summed E-state index contributed by atoms with van der Waals surface area (Å²) in [5.41, 5.74) is 8.17. The first-order valence-electron chi connectivity index (χ1n) is 6.94. The highest BCUT2D eigenvalue weighted by molar-refractivity contribution is 5.88. The van der Waals surface area contributed by atoms with Gasteiger partial charge < -0.3 is 5.73 Å². The summed E-state index contributed by atoms with van der Waals surface area (Å²) in [6.07, 6.45) is 4.75. The predicted octanol–water partition coefficient (Wildman–Crippen LogP) is 3.19. The molecule has 0 aliphatic heterocycles. The molecule has 2 heteroatoms. The number of nitrogens with two attached hydrogens (primary N) is 1. The van der Waals surface area contributed by atoms with E-state index < -0.39 is 5.54 Å². The lowest BCUT2D eigenvalue weighted by Gasteiger charge is -2.28. The van der Waals surface area contributed by atoms with Crippen LogP contribution in [0.1, 0.15) is 56.6 Å². The molecule has 2 atom stereocenters. The molecule has 0 heterocycles. The Morgan fingerprint density at radius 3 is 2.89 bits per heavy atom. The summed E-state index contributed by atoms with van der Waals surface area (Å²) in [7, 11) is 0. The normalized spacial score (nSPS) is 22.1. The average molecular weight is 245 g/mol. The summed E-state index contributed by atoms with van der Waals surface area (Å²) in [5, 5.41) is 0. The van der Waals surface area contributed by atoms with E-state index in [-0.39, 0.29) is 5.78 Å². The van der Waals surface area contributed by atoms with Crippen molar-refractivity contribution >= 4 is 5.78 Å². The van der Waals surface area contributed by atoms with E-state index in [1.54, 1.807) is 0 Å². The highest BCUT2D eigenvalue weighted by Crippen LogP contribution is 2.34. The van der Waals surface area contributed by atoms with Crippen molar-refractivity contribution in [3.05, 3.63) is 35.4 Å². The fraction of sp³-hybridized carbons (Fsp3) is 0.562. The molecule has 0 amide bonds. The molecular weight excluding hydrogens is 222 g/mol. The van der Waals surface area contributed by atoms with Gasteiger partial charge in [0.05, 0.1) is 5.54 Å². The molecule has 1 aromatic rings. The number of fused-ring (bicyclic) bond motifs is 1. The molecule has 1 aromatic carbocycles. The lowest BCUT2D eigenvalue weighted by molar-refractivity contribution is -0.124. The smallest absolute Gasteiger partial charge is 0.152 e. The summed E-state index contributed by atoms with van der Waals surface area (Å²) in [5.74, 6) is 0.573. The van der Waals surface area contributed by atoms with Crippen molar-refractivity contribution in [1.82, 2.24) is 0 Å². The Balaban J connectivity index is 2.15. The highest BCUT2D eigenvalue weighted by Gasteiger charge is 2.30. The van der Waals surface area contributed by atoms with Gasteiger partial charge in [0.2, 0.25) is 0 Å². The van der Waals surface area contributed by atoms with Gasteiger partial charge in [0.1, 0.15) is 0 Å². The van der Waals surface area contributed by atoms with Crippen molar-refractivity contribution < 1.29 is 4.79 Å². The maximum Gasteiger partial charge on any atom is 0.152 e. The van der Waals surface area contributed by atoms with E-state index in [1.165, 1.54) is 17.5 Å². The second kappa shape index (κ2) is 5.23. The van der Waals surface area contributed by atoms with Crippen LogP contribution in [0.2, 0.25) is 0 Å². The Morgan fingerprint density at radius 2 is 2.17 bits per heavy atom. The van der Waals surface area contributed by atoms with Crippen LogP contribution in [0.25, 0.3) is 0 Å². The van der Waals surface area contributed by atoms with Gasteiger partial charge in [0.25, 0.3) is 0 Å². The van der Waals surface area contributed by atoms with Crippen LogP contribution >= 0.6 is 0 Å². The topological polar surface area (TPSA) is 43.1 Å². The highest BCUT2D eigenvalue weighted by atomic mass is 16.1. The third-order valence-electron chi connectivity index (χ3n) is 4.30. The van der Waals surface area contributed by atoms with E-state index in [0.29, 0.717) is 18.8 Å². The Labute approximate surface area is 110 Å². The molecule has 0 saturated carbocycles. The molecule has 0 radical (unpaired) electrons. The molecule has 98 valence electrons. The first-order valence-corrected chi connectivity index (χ1v) is 6.94. The van der Waals surface area contributed by atoms with Gasteiger partial charge in [-0.25, -0.2) is 0 Å². The van der Waals surface area contributed by atoms with E-state index in [9.17, 15) is 4.79 Å². The number of rotatable bonds is 4. The zero-order valence-electron chi connectivity index (χ0n) is 11.4. The number of benzene rings is 1. The van der Waals surface area contributed by atoms with Crippen molar-refractivity contribution in [2.45, 2.75) is 57.4 Å². The van der Waals surface area contributed by atoms with Crippen LogP contribution in [0.4, 0.5) is 0 Å². The molecule has 2 N–H and O–H groups in total. The first kappa shape index (κ1) is 13.3. The van der Waals surface area contributed by atoms with Gasteiger partial charge in [0.15, 0.2) is 5.78 Å². The lowest BCUT2D eigenvalue weighted by Crippen LogP contribution is -2.44. The number of Topliss-reactive ketones (excluding diaryl/α,β-unsaturated/α-hetero) is 1. The molecule has 0 spiro atoms. The number of carbonyl (C=O) groups excluding carboxylic acids is 1. The molecule has 18 heavy (non-hydrogen) atoms. The van der Waals surface area contributed by atoms with Crippen molar-refractivity contribution in [1.29, 1.82) is 0 Å². The molecule has 2 rings (SSSR count). The minimum atomic E-state index is -0.660. The van der Waals surface area contributed by atoms with Crippen LogP contribution in [-0.2, 0) is 11.2 Å². The molecule has 2 nitrogen and oxygen atoms in total. The minimum absolute atomic E-state index is 0.201. The Bertz CT molecular complexity index is 436. The number of hydrogen-bond acceptors (Lipinski definition) is 2. The molecule has 0 aromatic heterocycles. The Hall–Kier alpha value is -1.15. The Kier molecular flexibility index (Phi) is 3.86. The monoisotopic (exact) mass is 245 g/mol. The van der Waals surface area contributed by atoms with E-state index in [4.69, 9.17) is 5.73 Å². The molecule has 0 bridgehead atoms. The van der Waals surface area contributed by atoms with Gasteiger partial charge in [-0.15, -0.1) is 0 Å². The van der Waals surface area contributed by atoms with Crippen molar-refractivity contribution in [3.8, 4) is 0 Å². The number of ketones is 1. The van der Waals surface area contributed by atoms with E-state index >= 15 is 0 Å². The van der Waals surface area contributed by atoms with Crippen LogP contribution in [0.3, 0.4) is 0 Å². The van der Waals surface area contributed by atoms with Crippen LogP contribution in [0, 0.1) is 0 Å². The van der Waals surface area contributed by atoms with Gasteiger partial charge in [-0.2, -0.15) is 0 Å². The molecule has 0 saturated heterocycles. The number of hydrogen-bond donors (Lipinski definition) is 1. The van der Waals surface area contributed by atoms with Crippen LogP contribution in [-0.4, -0.2) is 11.3 Å². The maximum absolute atomic E-state index is 12.2. The molecule has 1 aliphatic carbocycles. The van der Waals surface area contributed by atoms with Crippen LogP contribution < -0.4 is 5.73 Å². The summed E-state index contributed by atoms with van der Waals surface area (Å²) < 4.78 is 0. The number of aryl methyl sites for hydroxylation is 1. The fourth-order valence-corrected chi connectivity index (χ4v) is 2.72. The summed E-state index contributed by atoms with van der Waals surface area (Å²) in [6.45, 7) is 3.83. The summed E-state index contributed by atoms with van der Waals surface area (Å²) in [6, 6.07) is 8.52. The summed E-state index contributed by atoms with van der Waals surface area (Å²) >= 11 is 0. The lowest BCUT2D eigenvalue weighted by atomic mass is 9.77. The Morgan fingerprint density at radius 1 is 1.44 bits per heavy atom. The second-order valence-electron chi connectivity index (χ2n) is 5.69. The van der Waals surface area contributed by atoms with Gasteiger partial charge in [-0.05, 0) is 49.7 Å². The van der Waals surface area contributed by atoms with Gasteiger partial charge in [0, 0.05) is 6.42 Å². The fourth-order valence-electron chi connectivity index (χ4n) is 2.72. The van der Waals surface area contributed by atoms with E-state index in [2.05, 4.69) is 24.3 Å². The predicted molar refractivity (Wildman–Crippen MR) is 74.6 cm³/mol. The second-order valence-corrected chi connectivity index (χ2v) is 5.69. The quantitative estimate of drug-likeness (QED) is 0.885. The van der Waals surface area contributed by atoms with Crippen molar-refractivity contribution in [3.63, 3.8) is 0 Å². The standard InChI is InChI=1S/C16H23NO/c1-3-16(2,17)15(18)11-13-9-6-8-12-7-4-5-10-14(12)13/h4-5,7,10,13H,3,6,8-9,11,17H2,1-2H3. The molecular formula is C16H23NO. The molecule has 0 fully saturated rings. The zero-order chi connectivity index (χ0) is 13.2. The van der Waals surface area contributed by atoms with E-state index in [0.717, 1.165) is 12.8 Å². The van der Waals surface area contributed by atoms with Gasteiger partial charge in [-0.1, -0.05) is 31.2 Å². The van der Waals surface area contributed by atoms with Crippen LogP contribution in [0.15, 0.2) is 24.3 Å². The number of carbonyl (C=O) groups is 1.